The summed E-state index contributed by atoms with van der Waals surface area (Å²) in [6.07, 6.45) is 8.40. The van der Waals surface area contributed by atoms with E-state index in [0.717, 1.165) is 18.5 Å². The van der Waals surface area contributed by atoms with Gasteiger partial charge in [-0.1, -0.05) is 26.2 Å². The minimum Gasteiger partial charge on any atom is -0.338 e. The molecule has 5 nitrogen and oxygen atoms in total. The zero-order chi connectivity index (χ0) is 13.4. The molecule has 18 heavy (non-hydrogen) atoms. The standard InChI is InChI=1S/C13H24N4O/c1-4-5-6-7-8-14-13(18)16(2)10-12-9-15-17(3)11-12/h9,11H,4-8,10H2,1-3H3,(H,14,18). The smallest absolute Gasteiger partial charge is 0.317 e. The first-order valence-corrected chi connectivity index (χ1v) is 6.60. The summed E-state index contributed by atoms with van der Waals surface area (Å²) in [6, 6.07) is -0.0182. The Bertz CT molecular complexity index is 362. The van der Waals surface area contributed by atoms with Crippen molar-refractivity contribution >= 4 is 6.03 Å². The average Bonchev–Trinajstić information content (AvgIpc) is 2.74. The summed E-state index contributed by atoms with van der Waals surface area (Å²) >= 11 is 0. The number of hydrogen-bond donors (Lipinski definition) is 1. The lowest BCUT2D eigenvalue weighted by atomic mass is 10.2. The Labute approximate surface area is 109 Å². The van der Waals surface area contributed by atoms with Crippen LogP contribution in [-0.2, 0) is 13.6 Å². The van der Waals surface area contributed by atoms with Gasteiger partial charge >= 0.3 is 6.03 Å². The first kappa shape index (κ1) is 14.5. The highest BCUT2D eigenvalue weighted by atomic mass is 16.2. The fourth-order valence-electron chi connectivity index (χ4n) is 1.78. The molecule has 0 aliphatic carbocycles. The van der Waals surface area contributed by atoms with Crippen LogP contribution >= 0.6 is 0 Å². The second kappa shape index (κ2) is 7.74. The Kier molecular flexibility index (Phi) is 6.25. The van der Waals surface area contributed by atoms with Crippen molar-refractivity contribution in [3.63, 3.8) is 0 Å². The van der Waals surface area contributed by atoms with Gasteiger partial charge in [-0.05, 0) is 6.42 Å². The molecule has 1 heterocycles. The summed E-state index contributed by atoms with van der Waals surface area (Å²) in [5.41, 5.74) is 1.04. The molecule has 1 N–H and O–H groups in total. The SMILES string of the molecule is CCCCCCNC(=O)N(C)Cc1cnn(C)c1. The van der Waals surface area contributed by atoms with Crippen LogP contribution in [0.1, 0.15) is 38.2 Å². The summed E-state index contributed by atoms with van der Waals surface area (Å²) in [5.74, 6) is 0. The largest absolute Gasteiger partial charge is 0.338 e. The van der Waals surface area contributed by atoms with E-state index in [9.17, 15) is 4.79 Å². The molecule has 0 unspecified atom stereocenters. The summed E-state index contributed by atoms with van der Waals surface area (Å²) < 4.78 is 1.74. The van der Waals surface area contributed by atoms with Crippen molar-refractivity contribution in [2.45, 2.75) is 39.2 Å². The average molecular weight is 252 g/mol. The highest BCUT2D eigenvalue weighted by molar-refractivity contribution is 5.73. The van der Waals surface area contributed by atoms with E-state index in [1.807, 2.05) is 13.2 Å². The molecule has 5 heteroatoms. The lowest BCUT2D eigenvalue weighted by Crippen LogP contribution is -2.37. The Morgan fingerprint density at radius 1 is 1.44 bits per heavy atom. The van der Waals surface area contributed by atoms with Crippen LogP contribution < -0.4 is 5.32 Å². The third-order valence-corrected chi connectivity index (χ3v) is 2.83. The molecule has 1 aromatic heterocycles. The minimum absolute atomic E-state index is 0.0182. The van der Waals surface area contributed by atoms with Gasteiger partial charge in [-0.2, -0.15) is 5.10 Å². The zero-order valence-corrected chi connectivity index (χ0v) is 11.6. The highest BCUT2D eigenvalue weighted by Crippen LogP contribution is 2.02. The molecule has 0 aliphatic rings. The number of nitrogens with zero attached hydrogens (tertiary/aromatic N) is 3. The van der Waals surface area contributed by atoms with Gasteiger partial charge in [0.1, 0.15) is 0 Å². The number of unbranched alkanes of at least 4 members (excludes halogenated alkanes) is 3. The molecule has 0 saturated carbocycles. The normalized spacial score (nSPS) is 10.4. The third kappa shape index (κ3) is 5.21. The first-order chi connectivity index (χ1) is 8.63. The van der Waals surface area contributed by atoms with Gasteiger partial charge in [0, 0.05) is 32.4 Å². The fraction of sp³-hybridized carbons (Fsp3) is 0.692. The topological polar surface area (TPSA) is 50.2 Å². The van der Waals surface area contributed by atoms with Crippen LogP contribution in [0.3, 0.4) is 0 Å². The maximum absolute atomic E-state index is 11.8. The molecule has 0 fully saturated rings. The Hall–Kier alpha value is -1.52. The zero-order valence-electron chi connectivity index (χ0n) is 11.6. The van der Waals surface area contributed by atoms with Crippen molar-refractivity contribution in [3.8, 4) is 0 Å². The Balaban J connectivity index is 2.20. The van der Waals surface area contributed by atoms with Crippen LogP contribution in [0, 0.1) is 0 Å². The number of aryl methyl sites for hydroxylation is 1. The summed E-state index contributed by atoms with van der Waals surface area (Å²) in [4.78, 5) is 13.5. The van der Waals surface area contributed by atoms with Crippen LogP contribution in [0.2, 0.25) is 0 Å². The van der Waals surface area contributed by atoms with E-state index in [2.05, 4.69) is 17.3 Å². The van der Waals surface area contributed by atoms with Crippen molar-refractivity contribution in [2.75, 3.05) is 13.6 Å². The van der Waals surface area contributed by atoms with Crippen LogP contribution in [0.15, 0.2) is 12.4 Å². The van der Waals surface area contributed by atoms with Gasteiger partial charge < -0.3 is 10.2 Å². The number of hydrogen-bond acceptors (Lipinski definition) is 2. The Morgan fingerprint density at radius 2 is 2.22 bits per heavy atom. The van der Waals surface area contributed by atoms with Gasteiger partial charge in [-0.15, -0.1) is 0 Å². The number of carbonyl (C=O) groups excluding carboxylic acids is 1. The number of nitrogens with one attached hydrogen (secondary N) is 1. The molecular formula is C13H24N4O. The van der Waals surface area contributed by atoms with Gasteiger partial charge in [0.05, 0.1) is 12.7 Å². The van der Waals surface area contributed by atoms with Crippen molar-refractivity contribution in [1.82, 2.24) is 20.0 Å². The van der Waals surface area contributed by atoms with Crippen LogP contribution in [0.4, 0.5) is 4.79 Å². The summed E-state index contributed by atoms with van der Waals surface area (Å²) in [5, 5.41) is 7.01. The molecule has 0 aliphatic heterocycles. The highest BCUT2D eigenvalue weighted by Gasteiger charge is 2.08. The number of carbonyl (C=O) groups is 1. The molecule has 0 bridgehead atoms. The quantitative estimate of drug-likeness (QED) is 0.756. The molecule has 0 saturated heterocycles. The predicted octanol–water partition coefficient (Wildman–Crippen LogP) is 2.14. The van der Waals surface area contributed by atoms with Crippen molar-refractivity contribution in [1.29, 1.82) is 0 Å². The minimum atomic E-state index is -0.0182. The summed E-state index contributed by atoms with van der Waals surface area (Å²) in [6.45, 7) is 3.53. The van der Waals surface area contributed by atoms with E-state index < -0.39 is 0 Å². The number of urea groups is 1. The van der Waals surface area contributed by atoms with Crippen LogP contribution in [0.5, 0.6) is 0 Å². The van der Waals surface area contributed by atoms with E-state index >= 15 is 0 Å². The number of amides is 2. The van der Waals surface area contributed by atoms with Gasteiger partial charge in [0.2, 0.25) is 0 Å². The lowest BCUT2D eigenvalue weighted by molar-refractivity contribution is 0.206. The molecule has 0 spiro atoms. The van der Waals surface area contributed by atoms with Gasteiger partial charge in [-0.3, -0.25) is 4.68 Å². The molecule has 1 aromatic rings. The van der Waals surface area contributed by atoms with Crippen molar-refractivity contribution in [3.05, 3.63) is 18.0 Å². The molecule has 0 radical (unpaired) electrons. The maximum atomic E-state index is 11.8. The van der Waals surface area contributed by atoms with E-state index in [-0.39, 0.29) is 6.03 Å². The lowest BCUT2D eigenvalue weighted by Gasteiger charge is -2.17. The number of aromatic nitrogens is 2. The maximum Gasteiger partial charge on any atom is 0.317 e. The summed E-state index contributed by atoms with van der Waals surface area (Å²) in [7, 11) is 3.67. The molecule has 1 rings (SSSR count). The third-order valence-electron chi connectivity index (χ3n) is 2.83. The predicted molar refractivity (Wildman–Crippen MR) is 72.2 cm³/mol. The molecular weight excluding hydrogens is 228 g/mol. The molecule has 0 aromatic carbocycles. The second-order valence-corrected chi connectivity index (χ2v) is 4.67. The van der Waals surface area contributed by atoms with Gasteiger partial charge in [0.25, 0.3) is 0 Å². The van der Waals surface area contributed by atoms with E-state index in [1.165, 1.54) is 19.3 Å². The fourth-order valence-corrected chi connectivity index (χ4v) is 1.78. The van der Waals surface area contributed by atoms with Crippen LogP contribution in [0.25, 0.3) is 0 Å². The monoisotopic (exact) mass is 252 g/mol. The molecule has 0 atom stereocenters. The molecule has 2 amide bonds. The van der Waals surface area contributed by atoms with Crippen LogP contribution in [-0.4, -0.2) is 34.3 Å². The first-order valence-electron chi connectivity index (χ1n) is 6.60. The van der Waals surface area contributed by atoms with E-state index in [1.54, 1.807) is 22.8 Å². The number of rotatable bonds is 7. The second-order valence-electron chi connectivity index (χ2n) is 4.67. The van der Waals surface area contributed by atoms with Crippen molar-refractivity contribution in [2.24, 2.45) is 7.05 Å². The van der Waals surface area contributed by atoms with Gasteiger partial charge in [0.15, 0.2) is 0 Å². The van der Waals surface area contributed by atoms with E-state index in [4.69, 9.17) is 0 Å². The van der Waals surface area contributed by atoms with Crippen molar-refractivity contribution < 1.29 is 4.79 Å². The van der Waals surface area contributed by atoms with E-state index in [0.29, 0.717) is 6.54 Å². The van der Waals surface area contributed by atoms with Gasteiger partial charge in [-0.25, -0.2) is 4.79 Å². The Morgan fingerprint density at radius 3 is 2.83 bits per heavy atom. The molecule has 102 valence electrons.